The lowest BCUT2D eigenvalue weighted by atomic mass is 10.2. The molecule has 2 aromatic rings. The molecule has 0 spiro atoms. The zero-order valence-corrected chi connectivity index (χ0v) is 16.6. The van der Waals surface area contributed by atoms with Gasteiger partial charge in [0, 0.05) is 24.9 Å². The molecule has 1 aliphatic rings. The molecule has 2 aromatic carbocycles. The largest absolute Gasteiger partial charge is 0.495 e. The van der Waals surface area contributed by atoms with Crippen LogP contribution in [0.3, 0.4) is 0 Å². The minimum Gasteiger partial charge on any atom is -0.495 e. The number of nitrogens with zero attached hydrogens (tertiary/aromatic N) is 1. The van der Waals surface area contributed by atoms with Gasteiger partial charge in [0.1, 0.15) is 10.6 Å². The molecule has 1 N–H and O–H groups in total. The molecule has 0 radical (unpaired) electrons. The van der Waals surface area contributed by atoms with E-state index < -0.39 is 10.0 Å². The van der Waals surface area contributed by atoms with Crippen molar-refractivity contribution in [2.24, 2.45) is 0 Å². The Labute approximate surface area is 165 Å². The van der Waals surface area contributed by atoms with Crippen molar-refractivity contribution in [2.45, 2.75) is 24.2 Å². The molecule has 1 saturated heterocycles. The smallest absolute Gasteiger partial charge is 0.248 e. The van der Waals surface area contributed by atoms with E-state index in [1.165, 1.54) is 23.6 Å². The van der Waals surface area contributed by atoms with Crippen LogP contribution >= 0.6 is 0 Å². The van der Waals surface area contributed by atoms with Crippen molar-refractivity contribution in [3.05, 3.63) is 60.2 Å². The summed E-state index contributed by atoms with van der Waals surface area (Å²) >= 11 is 0. The van der Waals surface area contributed by atoms with Crippen LogP contribution in [0.5, 0.6) is 5.75 Å². The fourth-order valence-corrected chi connectivity index (χ4v) is 4.82. The zero-order valence-electron chi connectivity index (χ0n) is 15.8. The molecule has 28 heavy (non-hydrogen) atoms. The molecule has 7 heteroatoms. The number of anilines is 1. The average molecular weight is 401 g/mol. The number of rotatable bonds is 6. The highest BCUT2D eigenvalue weighted by atomic mass is 32.2. The Kier molecular flexibility index (Phi) is 6.49. The molecule has 6 nitrogen and oxygen atoms in total. The summed E-state index contributed by atoms with van der Waals surface area (Å²) in [7, 11) is -2.24. The van der Waals surface area contributed by atoms with Gasteiger partial charge in [-0.05, 0) is 42.7 Å². The van der Waals surface area contributed by atoms with Gasteiger partial charge in [0.05, 0.1) is 7.11 Å². The summed E-state index contributed by atoms with van der Waals surface area (Å²) in [5.74, 6) is -0.0706. The maximum absolute atomic E-state index is 13.0. The van der Waals surface area contributed by atoms with Crippen LogP contribution in [0.15, 0.2) is 59.5 Å². The van der Waals surface area contributed by atoms with Gasteiger partial charge in [0.2, 0.25) is 15.9 Å². The lowest BCUT2D eigenvalue weighted by Crippen LogP contribution is -2.35. The molecule has 1 heterocycles. The van der Waals surface area contributed by atoms with Crippen LogP contribution < -0.4 is 10.1 Å². The van der Waals surface area contributed by atoms with E-state index >= 15 is 0 Å². The summed E-state index contributed by atoms with van der Waals surface area (Å²) in [4.78, 5) is 12.3. The van der Waals surface area contributed by atoms with E-state index in [1.54, 1.807) is 18.2 Å². The number of hydrogen-bond acceptors (Lipinski definition) is 4. The van der Waals surface area contributed by atoms with Crippen molar-refractivity contribution in [2.75, 3.05) is 25.5 Å². The number of carbonyl (C=O) groups is 1. The number of nitrogens with one attached hydrogen (secondary N) is 1. The second-order valence-electron chi connectivity index (χ2n) is 6.56. The maximum Gasteiger partial charge on any atom is 0.248 e. The van der Waals surface area contributed by atoms with Crippen molar-refractivity contribution in [3.8, 4) is 5.75 Å². The first-order chi connectivity index (χ1) is 13.5. The van der Waals surface area contributed by atoms with Crippen molar-refractivity contribution in [1.82, 2.24) is 4.31 Å². The lowest BCUT2D eigenvalue weighted by molar-refractivity contribution is -0.111. The van der Waals surface area contributed by atoms with Crippen LogP contribution in [0.1, 0.15) is 24.8 Å². The number of sulfonamides is 1. The monoisotopic (exact) mass is 400 g/mol. The summed E-state index contributed by atoms with van der Waals surface area (Å²) in [5, 5.41) is 2.71. The summed E-state index contributed by atoms with van der Waals surface area (Å²) < 4.78 is 32.8. The van der Waals surface area contributed by atoms with Crippen LogP contribution in [0.2, 0.25) is 0 Å². The third-order valence-electron chi connectivity index (χ3n) is 4.59. The van der Waals surface area contributed by atoms with E-state index in [0.717, 1.165) is 24.8 Å². The molecule has 0 atom stereocenters. The van der Waals surface area contributed by atoms with E-state index in [4.69, 9.17) is 4.74 Å². The van der Waals surface area contributed by atoms with Gasteiger partial charge in [0.25, 0.3) is 0 Å². The maximum atomic E-state index is 13.0. The Hall–Kier alpha value is -2.64. The molecular formula is C21H24N2O4S. The summed E-state index contributed by atoms with van der Waals surface area (Å²) in [5.41, 5.74) is 1.31. The minimum atomic E-state index is -3.68. The molecule has 0 unspecified atom stereocenters. The molecular weight excluding hydrogens is 376 g/mol. The molecule has 1 fully saturated rings. The highest BCUT2D eigenvalue weighted by Gasteiger charge is 2.29. The predicted octanol–water partition coefficient (Wildman–Crippen LogP) is 3.52. The van der Waals surface area contributed by atoms with Gasteiger partial charge >= 0.3 is 0 Å². The van der Waals surface area contributed by atoms with E-state index in [0.29, 0.717) is 18.8 Å². The first-order valence-corrected chi connectivity index (χ1v) is 10.7. The molecule has 0 bridgehead atoms. The van der Waals surface area contributed by atoms with E-state index in [2.05, 4.69) is 5.32 Å². The second-order valence-corrected chi connectivity index (χ2v) is 8.47. The summed E-state index contributed by atoms with van der Waals surface area (Å²) in [6, 6.07) is 14.1. The van der Waals surface area contributed by atoms with Crippen LogP contribution in [0.25, 0.3) is 6.08 Å². The Balaban J connectivity index is 1.80. The van der Waals surface area contributed by atoms with Crippen LogP contribution in [0.4, 0.5) is 5.69 Å². The molecule has 0 aromatic heterocycles. The predicted molar refractivity (Wildman–Crippen MR) is 110 cm³/mol. The van der Waals surface area contributed by atoms with Crippen molar-refractivity contribution in [3.63, 3.8) is 0 Å². The Morgan fingerprint density at radius 3 is 2.46 bits per heavy atom. The van der Waals surface area contributed by atoms with Crippen LogP contribution in [0, 0.1) is 0 Å². The SMILES string of the molecule is COc1ccc(NC(=O)C=Cc2ccccc2)cc1S(=O)(=O)N1CCCCC1. The van der Waals surface area contributed by atoms with Gasteiger partial charge in [0.15, 0.2) is 0 Å². The first-order valence-electron chi connectivity index (χ1n) is 9.23. The van der Waals surface area contributed by atoms with Gasteiger partial charge in [-0.2, -0.15) is 4.31 Å². The molecule has 1 amide bonds. The number of methoxy groups -OCH3 is 1. The molecule has 0 aliphatic carbocycles. The van der Waals surface area contributed by atoms with E-state index in [1.807, 2.05) is 30.3 Å². The summed E-state index contributed by atoms with van der Waals surface area (Å²) in [6.45, 7) is 1.00. The molecule has 148 valence electrons. The number of ether oxygens (including phenoxy) is 1. The normalized spacial score (nSPS) is 15.5. The topological polar surface area (TPSA) is 75.7 Å². The lowest BCUT2D eigenvalue weighted by Gasteiger charge is -2.26. The van der Waals surface area contributed by atoms with E-state index in [-0.39, 0.29) is 16.6 Å². The third-order valence-corrected chi connectivity index (χ3v) is 6.51. The average Bonchev–Trinajstić information content (AvgIpc) is 2.73. The van der Waals surface area contributed by atoms with E-state index in [9.17, 15) is 13.2 Å². The Bertz CT molecular complexity index is 950. The van der Waals surface area contributed by atoms with Gasteiger partial charge in [-0.1, -0.05) is 36.8 Å². The zero-order chi connectivity index (χ0) is 20.0. The Morgan fingerprint density at radius 1 is 1.07 bits per heavy atom. The molecule has 0 saturated carbocycles. The molecule has 1 aliphatic heterocycles. The van der Waals surface area contributed by atoms with Gasteiger partial charge in [-0.25, -0.2) is 8.42 Å². The molecule has 3 rings (SSSR count). The standard InChI is InChI=1S/C21H24N2O4S/c1-27-19-12-11-18(22-21(24)13-10-17-8-4-2-5-9-17)16-20(19)28(25,26)23-14-6-3-7-15-23/h2,4-5,8-13,16H,3,6-7,14-15H2,1H3,(H,22,24). The fourth-order valence-electron chi connectivity index (χ4n) is 3.12. The number of amides is 1. The van der Waals surface area contributed by atoms with Gasteiger partial charge in [-0.15, -0.1) is 0 Å². The highest BCUT2D eigenvalue weighted by Crippen LogP contribution is 2.31. The highest BCUT2D eigenvalue weighted by molar-refractivity contribution is 7.89. The van der Waals surface area contributed by atoms with Gasteiger partial charge < -0.3 is 10.1 Å². The van der Waals surface area contributed by atoms with Crippen molar-refractivity contribution in [1.29, 1.82) is 0 Å². The summed E-state index contributed by atoms with van der Waals surface area (Å²) in [6.07, 6.45) is 5.85. The van der Waals surface area contributed by atoms with Crippen molar-refractivity contribution >= 4 is 27.7 Å². The number of piperidine rings is 1. The quantitative estimate of drug-likeness (QED) is 0.753. The van der Waals surface area contributed by atoms with Crippen molar-refractivity contribution < 1.29 is 17.9 Å². The van der Waals surface area contributed by atoms with Crippen LogP contribution in [-0.4, -0.2) is 38.8 Å². The third kappa shape index (κ3) is 4.79. The van der Waals surface area contributed by atoms with Crippen LogP contribution in [-0.2, 0) is 14.8 Å². The first kappa shape index (κ1) is 20.1. The minimum absolute atomic E-state index is 0.0711. The second kappa shape index (κ2) is 9.03. The van der Waals surface area contributed by atoms with Gasteiger partial charge in [-0.3, -0.25) is 4.79 Å². The number of carbonyl (C=O) groups excluding carboxylic acids is 1. The number of benzene rings is 2. The number of hydrogen-bond donors (Lipinski definition) is 1. The Morgan fingerprint density at radius 2 is 1.79 bits per heavy atom. The fraction of sp³-hybridized carbons (Fsp3) is 0.286.